The molecule has 3 rings (SSSR count). The number of hydrogen-bond acceptors (Lipinski definition) is 4. The lowest BCUT2D eigenvalue weighted by Crippen LogP contribution is -2.37. The molecule has 0 atom stereocenters. The van der Waals surface area contributed by atoms with Crippen LogP contribution >= 0.6 is 11.3 Å². The third-order valence-electron chi connectivity index (χ3n) is 5.75. The van der Waals surface area contributed by atoms with E-state index in [0.29, 0.717) is 23.0 Å². The molecule has 2 aromatic rings. The zero-order valence-electron chi connectivity index (χ0n) is 19.7. The predicted octanol–water partition coefficient (Wildman–Crippen LogP) is 6.29. The number of methoxy groups -OCH3 is 1. The number of anilines is 1. The van der Waals surface area contributed by atoms with E-state index in [1.807, 2.05) is 57.2 Å². The van der Waals surface area contributed by atoms with E-state index < -0.39 is 5.97 Å². The van der Waals surface area contributed by atoms with Crippen molar-refractivity contribution >= 4 is 28.9 Å². The molecular weight excluding hydrogens is 418 g/mol. The summed E-state index contributed by atoms with van der Waals surface area (Å²) in [6.07, 6.45) is 3.90. The zero-order chi connectivity index (χ0) is 23.3. The summed E-state index contributed by atoms with van der Waals surface area (Å²) >= 11 is 1.29. The van der Waals surface area contributed by atoms with Crippen LogP contribution in [0.4, 0.5) is 5.69 Å². The maximum Gasteiger partial charge on any atom is 0.350 e. The van der Waals surface area contributed by atoms with Gasteiger partial charge in [0, 0.05) is 11.3 Å². The van der Waals surface area contributed by atoms with Crippen LogP contribution in [0.3, 0.4) is 0 Å². The second-order valence-electron chi connectivity index (χ2n) is 9.68. The van der Waals surface area contributed by atoms with Crippen LogP contribution in [0.25, 0.3) is 0 Å². The molecule has 5 heteroatoms. The molecule has 1 aromatic carbocycles. The van der Waals surface area contributed by atoms with E-state index in [1.165, 1.54) is 18.4 Å². The molecule has 1 fully saturated rings. The summed E-state index contributed by atoms with van der Waals surface area (Å²) in [5.41, 5.74) is 1.47. The number of carbonyl (C=O) groups excluding carboxylic acids is 2. The molecule has 1 aromatic heterocycles. The molecule has 0 radical (unpaired) electrons. The smallest absolute Gasteiger partial charge is 0.350 e. The van der Waals surface area contributed by atoms with Crippen molar-refractivity contribution < 1.29 is 14.3 Å². The number of thiophene rings is 1. The molecule has 0 N–H and O–H groups in total. The Balaban J connectivity index is 2.03. The second kappa shape index (κ2) is 10.4. The fourth-order valence-electron chi connectivity index (χ4n) is 3.91. The fraction of sp³-hybridized carbons (Fsp3) is 0.481. The van der Waals surface area contributed by atoms with Crippen molar-refractivity contribution in [3.63, 3.8) is 0 Å². The second-order valence-corrected chi connectivity index (χ2v) is 10.7. The third kappa shape index (κ3) is 6.23. The van der Waals surface area contributed by atoms with Crippen molar-refractivity contribution in [3.8, 4) is 11.8 Å². The van der Waals surface area contributed by atoms with Crippen molar-refractivity contribution in [2.24, 2.45) is 17.3 Å². The van der Waals surface area contributed by atoms with Crippen molar-refractivity contribution in [1.82, 2.24) is 0 Å². The van der Waals surface area contributed by atoms with Crippen LogP contribution in [0.1, 0.15) is 73.5 Å². The molecule has 170 valence electrons. The summed E-state index contributed by atoms with van der Waals surface area (Å²) in [4.78, 5) is 29.4. The minimum atomic E-state index is -0.433. The van der Waals surface area contributed by atoms with Gasteiger partial charge in [-0.1, -0.05) is 49.1 Å². The van der Waals surface area contributed by atoms with E-state index in [9.17, 15) is 9.59 Å². The SMILES string of the molecule is COC(=O)c1sc(C#CC(C)(C)C)cc1N(Cc1ccccc1)C(=O)[C@H]1CC[C@H](C)CC1. The van der Waals surface area contributed by atoms with Crippen molar-refractivity contribution in [1.29, 1.82) is 0 Å². The van der Waals surface area contributed by atoms with E-state index >= 15 is 0 Å². The standard InChI is InChI=1S/C27H33NO3S/c1-19-11-13-21(14-12-19)25(29)28(18-20-9-7-6-8-10-20)23-17-22(15-16-27(2,3)4)32-24(23)26(30)31-5/h6-10,17,19,21H,11-14,18H2,1-5H3/t19-,21-. The summed E-state index contributed by atoms with van der Waals surface area (Å²) < 4.78 is 5.06. The maximum atomic E-state index is 13.7. The largest absolute Gasteiger partial charge is 0.465 e. The van der Waals surface area contributed by atoms with Gasteiger partial charge in [-0.25, -0.2) is 4.79 Å². The number of hydrogen-bond donors (Lipinski definition) is 0. The van der Waals surface area contributed by atoms with Gasteiger partial charge in [-0.2, -0.15) is 0 Å². The average Bonchev–Trinajstić information content (AvgIpc) is 3.20. The average molecular weight is 452 g/mol. The Kier molecular flexibility index (Phi) is 7.79. The van der Waals surface area contributed by atoms with Crippen LogP contribution in [-0.2, 0) is 16.1 Å². The van der Waals surface area contributed by atoms with E-state index in [2.05, 4.69) is 18.8 Å². The molecule has 1 heterocycles. The third-order valence-corrected chi connectivity index (χ3v) is 6.77. The fourth-order valence-corrected chi connectivity index (χ4v) is 4.84. The number of nitrogens with zero attached hydrogens (tertiary/aromatic N) is 1. The monoisotopic (exact) mass is 451 g/mol. The highest BCUT2D eigenvalue weighted by molar-refractivity contribution is 7.15. The van der Waals surface area contributed by atoms with Crippen LogP contribution in [0, 0.1) is 29.1 Å². The minimum absolute atomic E-state index is 0.0237. The van der Waals surface area contributed by atoms with Crippen molar-refractivity contribution in [2.45, 2.75) is 59.9 Å². The molecule has 0 aliphatic heterocycles. The normalized spacial score (nSPS) is 18.4. The lowest BCUT2D eigenvalue weighted by atomic mass is 9.82. The first-order valence-electron chi connectivity index (χ1n) is 11.3. The Labute approximate surface area is 196 Å². The van der Waals surface area contributed by atoms with Gasteiger partial charge in [0.1, 0.15) is 4.88 Å². The molecule has 0 bridgehead atoms. The Morgan fingerprint density at radius 1 is 1.12 bits per heavy atom. The molecule has 1 aliphatic rings. The quantitative estimate of drug-likeness (QED) is 0.396. The van der Waals surface area contributed by atoms with Crippen LogP contribution in [0.5, 0.6) is 0 Å². The minimum Gasteiger partial charge on any atom is -0.465 e. The first kappa shape index (κ1) is 24.1. The van der Waals surface area contributed by atoms with Crippen LogP contribution in [0.2, 0.25) is 0 Å². The van der Waals surface area contributed by atoms with Gasteiger partial charge in [0.25, 0.3) is 0 Å². The van der Waals surface area contributed by atoms with Gasteiger partial charge in [0.2, 0.25) is 5.91 Å². The van der Waals surface area contributed by atoms with E-state index in [-0.39, 0.29) is 17.2 Å². The van der Waals surface area contributed by atoms with Crippen LogP contribution in [-0.4, -0.2) is 19.0 Å². The Morgan fingerprint density at radius 3 is 2.38 bits per heavy atom. The van der Waals surface area contributed by atoms with E-state index in [0.717, 1.165) is 36.1 Å². The summed E-state index contributed by atoms with van der Waals surface area (Å²) in [7, 11) is 1.37. The number of rotatable bonds is 5. The Hall–Kier alpha value is -2.58. The summed E-state index contributed by atoms with van der Waals surface area (Å²) in [5, 5.41) is 0. The molecule has 0 saturated heterocycles. The maximum absolute atomic E-state index is 13.7. The lowest BCUT2D eigenvalue weighted by Gasteiger charge is -2.31. The van der Waals surface area contributed by atoms with Gasteiger partial charge < -0.3 is 9.64 Å². The first-order chi connectivity index (χ1) is 15.2. The molecule has 4 nitrogen and oxygen atoms in total. The number of ether oxygens (including phenoxy) is 1. The van der Waals surface area contributed by atoms with Gasteiger partial charge in [-0.05, 0) is 64.0 Å². The number of benzene rings is 1. The first-order valence-corrected chi connectivity index (χ1v) is 12.1. The molecular formula is C27H33NO3S. The highest BCUT2D eigenvalue weighted by Gasteiger charge is 2.32. The lowest BCUT2D eigenvalue weighted by molar-refractivity contribution is -0.123. The Bertz CT molecular complexity index is 999. The predicted molar refractivity (Wildman–Crippen MR) is 131 cm³/mol. The number of esters is 1. The van der Waals surface area contributed by atoms with Gasteiger partial charge in [0.15, 0.2) is 0 Å². The molecule has 0 unspecified atom stereocenters. The zero-order valence-corrected chi connectivity index (χ0v) is 20.6. The summed E-state index contributed by atoms with van der Waals surface area (Å²) in [5.74, 6) is 6.70. The van der Waals surface area contributed by atoms with Crippen LogP contribution < -0.4 is 4.90 Å². The molecule has 32 heavy (non-hydrogen) atoms. The number of amides is 1. The Morgan fingerprint density at radius 2 is 1.78 bits per heavy atom. The molecule has 1 aliphatic carbocycles. The topological polar surface area (TPSA) is 46.6 Å². The molecule has 0 spiro atoms. The highest BCUT2D eigenvalue weighted by atomic mass is 32.1. The van der Waals surface area contributed by atoms with Gasteiger partial charge in [-0.15, -0.1) is 11.3 Å². The molecule has 1 saturated carbocycles. The van der Waals surface area contributed by atoms with Gasteiger partial charge in [-0.3, -0.25) is 4.79 Å². The van der Waals surface area contributed by atoms with Gasteiger partial charge >= 0.3 is 5.97 Å². The number of carbonyl (C=O) groups is 2. The highest BCUT2D eigenvalue weighted by Crippen LogP contribution is 2.36. The molecule has 1 amide bonds. The van der Waals surface area contributed by atoms with Crippen LogP contribution in [0.15, 0.2) is 36.4 Å². The van der Waals surface area contributed by atoms with Gasteiger partial charge in [0.05, 0.1) is 24.2 Å². The van der Waals surface area contributed by atoms with E-state index in [4.69, 9.17) is 4.74 Å². The van der Waals surface area contributed by atoms with E-state index in [1.54, 1.807) is 4.90 Å². The summed E-state index contributed by atoms with van der Waals surface area (Å²) in [6.45, 7) is 8.80. The van der Waals surface area contributed by atoms with Crippen molar-refractivity contribution in [2.75, 3.05) is 12.0 Å². The van der Waals surface area contributed by atoms with Crippen molar-refractivity contribution in [3.05, 3.63) is 51.7 Å². The summed E-state index contributed by atoms with van der Waals surface area (Å²) in [6, 6.07) is 11.8.